The quantitative estimate of drug-likeness (QED) is 0.724. The second kappa shape index (κ2) is 5.25. The third-order valence-electron chi connectivity index (χ3n) is 1.58. The van der Waals surface area contributed by atoms with E-state index in [0.717, 1.165) is 0 Å². The van der Waals surface area contributed by atoms with Crippen LogP contribution in [0.3, 0.4) is 0 Å². The smallest absolute Gasteiger partial charge is 0.128 e. The molecule has 0 aromatic heterocycles. The molecule has 0 amide bonds. The Bertz CT molecular complexity index is 363. The molecule has 0 saturated heterocycles. The number of methoxy groups -OCH3 is 1. The third-order valence-corrected chi connectivity index (χ3v) is 1.58. The summed E-state index contributed by atoms with van der Waals surface area (Å²) in [4.78, 5) is 0. The first kappa shape index (κ1) is 10.6. The number of ether oxygens (including phenoxy) is 1. The summed E-state index contributed by atoms with van der Waals surface area (Å²) in [6, 6.07) is 4.26. The second-order valence-electron chi connectivity index (χ2n) is 2.66. The van der Waals surface area contributed by atoms with Crippen LogP contribution in [0.5, 0.6) is 5.75 Å². The maximum Gasteiger partial charge on any atom is 0.128 e. The predicted octanol–water partition coefficient (Wildman–Crippen LogP) is 1.57. The first-order valence-corrected chi connectivity index (χ1v) is 4.20. The van der Waals surface area contributed by atoms with Crippen LogP contribution in [-0.4, -0.2) is 18.8 Å². The first-order valence-electron chi connectivity index (χ1n) is 4.20. The van der Waals surface area contributed by atoms with Crippen LogP contribution >= 0.6 is 0 Å². The van der Waals surface area contributed by atoms with E-state index in [0.29, 0.717) is 17.7 Å². The van der Waals surface area contributed by atoms with Gasteiger partial charge in [0.1, 0.15) is 11.6 Å². The van der Waals surface area contributed by atoms with Crippen molar-refractivity contribution in [2.24, 2.45) is 0 Å². The molecule has 0 bridgehead atoms. The molecule has 0 spiro atoms. The predicted molar refractivity (Wildman–Crippen MR) is 51.5 cm³/mol. The molecule has 3 heteroatoms. The van der Waals surface area contributed by atoms with Gasteiger partial charge in [0, 0.05) is 18.1 Å². The van der Waals surface area contributed by atoms with Crippen molar-refractivity contribution >= 4 is 0 Å². The minimum absolute atomic E-state index is 0.0133. The lowest BCUT2D eigenvalue weighted by molar-refractivity contribution is 0.305. The van der Waals surface area contributed by atoms with Gasteiger partial charge < -0.3 is 9.84 Å². The largest absolute Gasteiger partial charge is 0.497 e. The van der Waals surface area contributed by atoms with E-state index in [2.05, 4.69) is 11.8 Å². The van der Waals surface area contributed by atoms with E-state index in [1.54, 1.807) is 6.07 Å². The summed E-state index contributed by atoms with van der Waals surface area (Å²) in [6.07, 6.45) is 0.388. The van der Waals surface area contributed by atoms with E-state index < -0.39 is 0 Å². The Kier molecular flexibility index (Phi) is 3.96. The van der Waals surface area contributed by atoms with E-state index in [1.807, 2.05) is 0 Å². The number of aliphatic hydroxyl groups excluding tert-OH is 1. The molecule has 0 radical (unpaired) electrons. The van der Waals surface area contributed by atoms with Crippen LogP contribution in [0.2, 0.25) is 0 Å². The van der Waals surface area contributed by atoms with Crippen LogP contribution < -0.4 is 4.74 Å². The van der Waals surface area contributed by atoms with Crippen LogP contribution in [0.25, 0.3) is 0 Å². The van der Waals surface area contributed by atoms with Gasteiger partial charge in [-0.05, 0) is 12.1 Å². The maximum atomic E-state index is 12.9. The molecule has 2 nitrogen and oxygen atoms in total. The zero-order chi connectivity index (χ0) is 10.4. The van der Waals surface area contributed by atoms with Gasteiger partial charge >= 0.3 is 0 Å². The molecule has 0 saturated carbocycles. The number of halogens is 1. The van der Waals surface area contributed by atoms with Gasteiger partial charge in [0.25, 0.3) is 0 Å². The highest BCUT2D eigenvalue weighted by Gasteiger charge is 1.97. The van der Waals surface area contributed by atoms with Crippen LogP contribution in [0.1, 0.15) is 12.0 Å². The SMILES string of the molecule is COc1cc(F)cc(C#CCCO)c1. The van der Waals surface area contributed by atoms with E-state index in [9.17, 15) is 4.39 Å². The molecule has 0 aliphatic carbocycles. The zero-order valence-corrected chi connectivity index (χ0v) is 7.88. The molecule has 1 rings (SSSR count). The first-order chi connectivity index (χ1) is 6.76. The monoisotopic (exact) mass is 194 g/mol. The maximum absolute atomic E-state index is 12.9. The van der Waals surface area contributed by atoms with Crippen molar-refractivity contribution in [1.82, 2.24) is 0 Å². The molecule has 0 atom stereocenters. The summed E-state index contributed by atoms with van der Waals surface area (Å²) in [6.45, 7) is 0.0133. The highest BCUT2D eigenvalue weighted by atomic mass is 19.1. The van der Waals surface area contributed by atoms with Crippen molar-refractivity contribution in [3.05, 3.63) is 29.6 Å². The second-order valence-corrected chi connectivity index (χ2v) is 2.66. The van der Waals surface area contributed by atoms with Gasteiger partial charge in [0.15, 0.2) is 0 Å². The van der Waals surface area contributed by atoms with Gasteiger partial charge in [0.2, 0.25) is 0 Å². The lowest BCUT2D eigenvalue weighted by Gasteiger charge is -1.99. The van der Waals surface area contributed by atoms with E-state index >= 15 is 0 Å². The molecule has 14 heavy (non-hydrogen) atoms. The molecule has 0 unspecified atom stereocenters. The molecule has 74 valence electrons. The zero-order valence-electron chi connectivity index (χ0n) is 7.88. The highest BCUT2D eigenvalue weighted by molar-refractivity contribution is 5.40. The van der Waals surface area contributed by atoms with Gasteiger partial charge in [-0.2, -0.15) is 0 Å². The summed E-state index contributed by atoms with van der Waals surface area (Å²) < 4.78 is 17.8. The number of hydrogen-bond acceptors (Lipinski definition) is 2. The minimum atomic E-state index is -0.377. The number of rotatable bonds is 2. The molecule has 1 aromatic carbocycles. The number of aliphatic hydroxyl groups is 1. The molecule has 0 aliphatic rings. The summed E-state index contributed by atoms with van der Waals surface area (Å²) in [5, 5.41) is 8.50. The highest BCUT2D eigenvalue weighted by Crippen LogP contribution is 2.14. The fraction of sp³-hybridized carbons (Fsp3) is 0.273. The molecular formula is C11H11FO2. The van der Waals surface area contributed by atoms with E-state index in [1.165, 1.54) is 19.2 Å². The number of benzene rings is 1. The summed E-state index contributed by atoms with van der Waals surface area (Å²) in [5.74, 6) is 5.50. The Morgan fingerprint density at radius 1 is 1.43 bits per heavy atom. The molecule has 1 N–H and O–H groups in total. The van der Waals surface area contributed by atoms with Gasteiger partial charge in [0.05, 0.1) is 13.7 Å². The Morgan fingerprint density at radius 3 is 2.86 bits per heavy atom. The van der Waals surface area contributed by atoms with Crippen LogP contribution in [0, 0.1) is 17.7 Å². The minimum Gasteiger partial charge on any atom is -0.497 e. The Morgan fingerprint density at radius 2 is 2.21 bits per heavy atom. The van der Waals surface area contributed by atoms with Crippen molar-refractivity contribution in [3.63, 3.8) is 0 Å². The molecule has 0 aliphatic heterocycles. The summed E-state index contributed by atoms with van der Waals surface area (Å²) >= 11 is 0. The Balaban J connectivity index is 2.88. The van der Waals surface area contributed by atoms with Gasteiger partial charge in [-0.1, -0.05) is 11.8 Å². The fourth-order valence-electron chi connectivity index (χ4n) is 0.973. The average molecular weight is 194 g/mol. The third kappa shape index (κ3) is 3.08. The summed E-state index contributed by atoms with van der Waals surface area (Å²) in [7, 11) is 1.47. The van der Waals surface area contributed by atoms with Crippen LogP contribution in [0.15, 0.2) is 18.2 Å². The molecule has 0 heterocycles. The van der Waals surface area contributed by atoms with Crippen LogP contribution in [0.4, 0.5) is 4.39 Å². The molecule has 0 fully saturated rings. The number of hydrogen-bond donors (Lipinski definition) is 1. The molecular weight excluding hydrogens is 183 g/mol. The van der Waals surface area contributed by atoms with Gasteiger partial charge in [-0.3, -0.25) is 0 Å². The summed E-state index contributed by atoms with van der Waals surface area (Å²) in [5.41, 5.74) is 0.551. The van der Waals surface area contributed by atoms with Crippen molar-refractivity contribution in [2.45, 2.75) is 6.42 Å². The van der Waals surface area contributed by atoms with Gasteiger partial charge in [-0.25, -0.2) is 4.39 Å². The van der Waals surface area contributed by atoms with Crippen LogP contribution in [-0.2, 0) is 0 Å². The lowest BCUT2D eigenvalue weighted by Crippen LogP contribution is -1.86. The average Bonchev–Trinajstić information content (AvgIpc) is 2.17. The van der Waals surface area contributed by atoms with Crippen molar-refractivity contribution < 1.29 is 14.2 Å². The Labute approximate surface area is 82.3 Å². The Hall–Kier alpha value is -1.53. The fourth-order valence-corrected chi connectivity index (χ4v) is 0.973. The van der Waals surface area contributed by atoms with Gasteiger partial charge in [-0.15, -0.1) is 0 Å². The van der Waals surface area contributed by atoms with Crippen molar-refractivity contribution in [1.29, 1.82) is 0 Å². The van der Waals surface area contributed by atoms with Crippen molar-refractivity contribution in [2.75, 3.05) is 13.7 Å². The lowest BCUT2D eigenvalue weighted by atomic mass is 10.2. The van der Waals surface area contributed by atoms with E-state index in [4.69, 9.17) is 9.84 Å². The van der Waals surface area contributed by atoms with E-state index in [-0.39, 0.29) is 12.4 Å². The topological polar surface area (TPSA) is 29.5 Å². The standard InChI is InChI=1S/C11H11FO2/c1-14-11-7-9(4-2-3-5-13)6-10(12)8-11/h6-8,13H,3,5H2,1H3. The molecule has 1 aromatic rings. The normalized spacial score (nSPS) is 9.07. The van der Waals surface area contributed by atoms with Crippen molar-refractivity contribution in [3.8, 4) is 17.6 Å².